The molecule has 2 fully saturated rings. The molecule has 0 aromatic heterocycles. The molecule has 278 valence electrons. The van der Waals surface area contributed by atoms with Crippen LogP contribution in [0.1, 0.15) is 95.0 Å². The molecule has 2 aliphatic rings. The Balaban J connectivity index is 0.000000222. The molecule has 2 N–H and O–H groups in total. The van der Waals surface area contributed by atoms with Gasteiger partial charge >= 0.3 is 0 Å². The first-order valence-electron chi connectivity index (χ1n) is 19.2. The van der Waals surface area contributed by atoms with Crippen LogP contribution in [0.2, 0.25) is 0 Å². The molecule has 7 nitrogen and oxygen atoms in total. The Labute approximate surface area is 312 Å². The van der Waals surface area contributed by atoms with E-state index < -0.39 is 0 Å². The second-order valence-electron chi connectivity index (χ2n) is 13.7. The number of hydrogen-bond donors (Lipinski definition) is 2. The molecule has 2 amide bonds. The molecule has 0 bridgehead atoms. The number of carbonyl (C=O) groups is 2. The van der Waals surface area contributed by atoms with Crippen molar-refractivity contribution in [2.75, 3.05) is 46.9 Å². The third-order valence-electron chi connectivity index (χ3n) is 9.77. The molecule has 0 unspecified atom stereocenters. The highest BCUT2D eigenvalue weighted by Gasteiger charge is 2.21. The quantitative estimate of drug-likeness (QED) is 0.201. The summed E-state index contributed by atoms with van der Waals surface area (Å²) < 4.78 is 5.61. The van der Waals surface area contributed by atoms with E-state index in [0.717, 1.165) is 50.3 Å². The van der Waals surface area contributed by atoms with Gasteiger partial charge in [0, 0.05) is 65.2 Å². The topological polar surface area (TPSA) is 73.9 Å². The summed E-state index contributed by atoms with van der Waals surface area (Å²) in [5.74, 6) is 1.86. The van der Waals surface area contributed by atoms with Crippen molar-refractivity contribution in [3.63, 3.8) is 0 Å². The number of nitrogens with one attached hydrogen (secondary N) is 2. The van der Waals surface area contributed by atoms with Crippen molar-refractivity contribution >= 4 is 11.8 Å². The Morgan fingerprint density at radius 3 is 1.73 bits per heavy atom. The second-order valence-corrected chi connectivity index (χ2v) is 13.7. The lowest BCUT2D eigenvalue weighted by Gasteiger charge is -2.27. The number of amides is 2. The standard InChI is InChI=1S/C22H28N2O.C21H26N2O2.C2H6/c1-16(2)19-9-4-5-10-20(19)17-7-6-8-18(15-17)21-11-12-22(25)24(3)14-13-23-21;1-3-25-19-9-5-7-17(15-19)16-6-4-8-18(14-16)20-10-11-21(24)23(2)13-12-22-20;1-2/h4-10,15-16,21,23H,11-14H2,1-3H3;4-9,14-15,20,22H,3,10-13H2,1-2H3;1-2H3/t21-;20-;/m11./s1. The highest BCUT2D eigenvalue weighted by Crippen LogP contribution is 2.32. The molecular weight excluding hydrogens is 645 g/mol. The Morgan fingerprint density at radius 1 is 0.673 bits per heavy atom. The average Bonchev–Trinajstić information content (AvgIpc) is 3.17. The van der Waals surface area contributed by atoms with Gasteiger partial charge in [0.2, 0.25) is 11.8 Å². The number of rotatable bonds is 7. The summed E-state index contributed by atoms with van der Waals surface area (Å²) in [7, 11) is 3.75. The van der Waals surface area contributed by atoms with Gasteiger partial charge in [-0.05, 0) is 88.9 Å². The highest BCUT2D eigenvalue weighted by molar-refractivity contribution is 5.76. The fourth-order valence-corrected chi connectivity index (χ4v) is 6.81. The van der Waals surface area contributed by atoms with Crippen LogP contribution in [0.25, 0.3) is 22.3 Å². The lowest BCUT2D eigenvalue weighted by Crippen LogP contribution is -2.38. The number of carbonyl (C=O) groups excluding carboxylic acids is 2. The van der Waals surface area contributed by atoms with E-state index in [4.69, 9.17) is 4.74 Å². The first-order valence-corrected chi connectivity index (χ1v) is 19.2. The molecule has 4 aromatic carbocycles. The Bertz CT molecular complexity index is 1720. The van der Waals surface area contributed by atoms with Gasteiger partial charge in [0.15, 0.2) is 0 Å². The van der Waals surface area contributed by atoms with Gasteiger partial charge in [0.05, 0.1) is 6.61 Å². The van der Waals surface area contributed by atoms with E-state index >= 15 is 0 Å². The molecule has 2 atom stereocenters. The molecule has 4 aromatic rings. The lowest BCUT2D eigenvalue weighted by atomic mass is 9.90. The number of ether oxygens (including phenoxy) is 1. The molecule has 2 aliphatic heterocycles. The maximum absolute atomic E-state index is 12.0. The van der Waals surface area contributed by atoms with E-state index in [1.54, 1.807) is 4.90 Å². The Morgan fingerprint density at radius 2 is 1.17 bits per heavy atom. The molecule has 0 saturated carbocycles. The van der Waals surface area contributed by atoms with Crippen LogP contribution in [0.15, 0.2) is 97.1 Å². The molecule has 7 heteroatoms. The maximum Gasteiger partial charge on any atom is 0.222 e. The average molecular weight is 705 g/mol. The SMILES string of the molecule is CC.CC(C)c1ccccc1-c1cccc([C@H]2CCC(=O)N(C)CCN2)c1.CCOc1cccc(-c2cccc([C@H]3CCC(=O)N(C)CCN3)c2)c1. The van der Waals surface area contributed by atoms with E-state index in [2.05, 4.69) is 109 Å². The van der Waals surface area contributed by atoms with Crippen LogP contribution in [-0.4, -0.2) is 68.5 Å². The monoisotopic (exact) mass is 704 g/mol. The minimum absolute atomic E-state index is 0.215. The lowest BCUT2D eigenvalue weighted by molar-refractivity contribution is -0.131. The van der Waals surface area contributed by atoms with Crippen molar-refractivity contribution in [2.45, 2.75) is 78.3 Å². The number of likely N-dealkylation sites (N-methyl/N-ethyl adjacent to an activating group) is 2. The zero-order valence-electron chi connectivity index (χ0n) is 32.5. The molecule has 0 radical (unpaired) electrons. The zero-order valence-corrected chi connectivity index (χ0v) is 32.5. The van der Waals surface area contributed by atoms with Crippen LogP contribution < -0.4 is 15.4 Å². The van der Waals surface area contributed by atoms with E-state index in [9.17, 15) is 9.59 Å². The van der Waals surface area contributed by atoms with Crippen LogP contribution in [0.4, 0.5) is 0 Å². The van der Waals surface area contributed by atoms with Gasteiger partial charge in [0.1, 0.15) is 5.75 Å². The fourth-order valence-electron chi connectivity index (χ4n) is 6.81. The Kier molecular flexibility index (Phi) is 15.9. The molecule has 2 heterocycles. The molecule has 0 spiro atoms. The zero-order chi connectivity index (χ0) is 37.5. The predicted molar refractivity (Wildman–Crippen MR) is 216 cm³/mol. The van der Waals surface area contributed by atoms with Crippen LogP contribution in [0.5, 0.6) is 5.75 Å². The summed E-state index contributed by atoms with van der Waals surface area (Å²) in [4.78, 5) is 27.7. The number of benzene rings is 4. The third kappa shape index (κ3) is 11.3. The molecule has 52 heavy (non-hydrogen) atoms. The van der Waals surface area contributed by atoms with Crippen molar-refractivity contribution in [1.29, 1.82) is 0 Å². The first kappa shape index (κ1) is 40.3. The van der Waals surface area contributed by atoms with Crippen LogP contribution in [0, 0.1) is 0 Å². The fraction of sp³-hybridized carbons (Fsp3) is 0.422. The van der Waals surface area contributed by atoms with Gasteiger partial charge in [-0.2, -0.15) is 0 Å². The summed E-state index contributed by atoms with van der Waals surface area (Å²) in [5.41, 5.74) is 8.77. The van der Waals surface area contributed by atoms with Crippen LogP contribution in [0.3, 0.4) is 0 Å². The van der Waals surface area contributed by atoms with Gasteiger partial charge in [-0.3, -0.25) is 9.59 Å². The summed E-state index contributed by atoms with van der Waals surface area (Å²) in [6, 6.07) is 34.6. The van der Waals surface area contributed by atoms with E-state index in [1.165, 1.54) is 33.4 Å². The van der Waals surface area contributed by atoms with Gasteiger partial charge in [0.25, 0.3) is 0 Å². The number of hydrogen-bond acceptors (Lipinski definition) is 5. The molecule has 6 rings (SSSR count). The summed E-state index contributed by atoms with van der Waals surface area (Å²) >= 11 is 0. The Hall–Kier alpha value is -4.46. The smallest absolute Gasteiger partial charge is 0.222 e. The predicted octanol–water partition coefficient (Wildman–Crippen LogP) is 9.02. The largest absolute Gasteiger partial charge is 0.494 e. The summed E-state index contributed by atoms with van der Waals surface area (Å²) in [5, 5.41) is 7.19. The van der Waals surface area contributed by atoms with Crippen molar-refractivity contribution in [3.05, 3.63) is 114 Å². The summed E-state index contributed by atoms with van der Waals surface area (Å²) in [6.07, 6.45) is 2.85. The minimum Gasteiger partial charge on any atom is -0.494 e. The normalized spacial score (nSPS) is 18.2. The van der Waals surface area contributed by atoms with E-state index in [0.29, 0.717) is 25.4 Å². The van der Waals surface area contributed by atoms with Gasteiger partial charge in [-0.15, -0.1) is 0 Å². The van der Waals surface area contributed by atoms with Gasteiger partial charge < -0.3 is 25.2 Å². The van der Waals surface area contributed by atoms with Crippen molar-refractivity contribution in [3.8, 4) is 28.0 Å². The van der Waals surface area contributed by atoms with Gasteiger partial charge in [-0.1, -0.05) is 100 Å². The maximum atomic E-state index is 12.0. The van der Waals surface area contributed by atoms with E-state index in [-0.39, 0.29) is 23.9 Å². The van der Waals surface area contributed by atoms with Crippen LogP contribution in [-0.2, 0) is 9.59 Å². The molecule has 2 saturated heterocycles. The minimum atomic E-state index is 0.215. The highest BCUT2D eigenvalue weighted by atomic mass is 16.5. The van der Waals surface area contributed by atoms with Crippen molar-refractivity contribution in [1.82, 2.24) is 20.4 Å². The van der Waals surface area contributed by atoms with E-state index in [1.807, 2.05) is 51.9 Å². The van der Waals surface area contributed by atoms with Gasteiger partial charge in [-0.25, -0.2) is 0 Å². The molecular formula is C45H60N4O3. The molecule has 0 aliphatic carbocycles. The summed E-state index contributed by atoms with van der Waals surface area (Å²) in [6.45, 7) is 14.3. The van der Waals surface area contributed by atoms with Crippen LogP contribution >= 0.6 is 0 Å². The van der Waals surface area contributed by atoms with Crippen molar-refractivity contribution in [2.24, 2.45) is 0 Å². The number of nitrogens with zero attached hydrogens (tertiary/aromatic N) is 2. The third-order valence-corrected chi connectivity index (χ3v) is 9.77. The van der Waals surface area contributed by atoms with Crippen molar-refractivity contribution < 1.29 is 14.3 Å². The first-order chi connectivity index (χ1) is 25.2. The second kappa shape index (κ2) is 20.5.